The molecule has 0 aliphatic heterocycles. The number of carboxylic acid groups (broad SMARTS) is 1. The molecule has 0 bridgehead atoms. The third-order valence-electron chi connectivity index (χ3n) is 1.98. The Balaban J connectivity index is 3.37. The van der Waals surface area contributed by atoms with Crippen molar-refractivity contribution in [1.29, 1.82) is 0 Å². The fourth-order valence-corrected chi connectivity index (χ4v) is 1.24. The summed E-state index contributed by atoms with van der Waals surface area (Å²) >= 11 is 0. The van der Waals surface area contributed by atoms with Crippen molar-refractivity contribution < 1.29 is 18.7 Å². The van der Waals surface area contributed by atoms with Crippen LogP contribution >= 0.6 is 0 Å². The van der Waals surface area contributed by atoms with Crippen LogP contribution in [0, 0.1) is 6.92 Å². The van der Waals surface area contributed by atoms with Crippen molar-refractivity contribution in [2.24, 2.45) is 5.73 Å². The Kier molecular flexibility index (Phi) is 3.31. The Morgan fingerprint density at radius 3 is 2.67 bits per heavy atom. The number of carbonyl (C=O) groups is 1. The Morgan fingerprint density at radius 2 is 2.27 bits per heavy atom. The Labute approximate surface area is 84.7 Å². The monoisotopic (exact) mass is 216 g/mol. The molecule has 1 aromatic rings. The lowest BCUT2D eigenvalue weighted by Crippen LogP contribution is -2.11. The first-order valence-corrected chi connectivity index (χ1v) is 4.19. The highest BCUT2D eigenvalue weighted by Gasteiger charge is 2.18. The topological polar surface area (TPSA) is 76.2 Å². The molecule has 0 saturated heterocycles. The molecule has 0 saturated carbocycles. The molecule has 1 heterocycles. The number of alkyl halides is 2. The molecule has 0 amide bonds. The van der Waals surface area contributed by atoms with Gasteiger partial charge in [-0.15, -0.1) is 0 Å². The summed E-state index contributed by atoms with van der Waals surface area (Å²) in [5, 5.41) is 8.72. The first-order chi connectivity index (χ1) is 6.97. The van der Waals surface area contributed by atoms with Gasteiger partial charge in [0.25, 0.3) is 6.43 Å². The number of carboxylic acids is 1. The van der Waals surface area contributed by atoms with Crippen LogP contribution in [0.5, 0.6) is 0 Å². The van der Waals surface area contributed by atoms with Gasteiger partial charge in [0.2, 0.25) is 0 Å². The molecule has 1 rings (SSSR count). The van der Waals surface area contributed by atoms with Crippen LogP contribution in [0.2, 0.25) is 0 Å². The number of pyridine rings is 1. The highest BCUT2D eigenvalue weighted by atomic mass is 19.3. The minimum Gasteiger partial charge on any atom is -0.478 e. The lowest BCUT2D eigenvalue weighted by atomic mass is 10.1. The van der Waals surface area contributed by atoms with Crippen LogP contribution in [0.4, 0.5) is 8.78 Å². The van der Waals surface area contributed by atoms with Gasteiger partial charge in [-0.05, 0) is 13.0 Å². The number of hydrogen-bond donors (Lipinski definition) is 2. The molecule has 0 radical (unpaired) electrons. The highest BCUT2D eigenvalue weighted by molar-refractivity contribution is 5.89. The molecule has 0 aliphatic rings. The number of rotatable bonds is 3. The van der Waals surface area contributed by atoms with Gasteiger partial charge >= 0.3 is 5.97 Å². The smallest absolute Gasteiger partial charge is 0.337 e. The lowest BCUT2D eigenvalue weighted by Gasteiger charge is -2.09. The van der Waals surface area contributed by atoms with Crippen LogP contribution in [-0.2, 0) is 6.54 Å². The van der Waals surface area contributed by atoms with Crippen LogP contribution in [0.15, 0.2) is 6.07 Å². The zero-order valence-electron chi connectivity index (χ0n) is 8.00. The number of hydrogen-bond acceptors (Lipinski definition) is 3. The van der Waals surface area contributed by atoms with Crippen molar-refractivity contribution in [2.75, 3.05) is 0 Å². The van der Waals surface area contributed by atoms with Gasteiger partial charge in [-0.1, -0.05) is 0 Å². The van der Waals surface area contributed by atoms with E-state index in [4.69, 9.17) is 10.8 Å². The van der Waals surface area contributed by atoms with Crippen LogP contribution < -0.4 is 5.73 Å². The Morgan fingerprint density at radius 1 is 1.67 bits per heavy atom. The van der Waals surface area contributed by atoms with Gasteiger partial charge in [-0.3, -0.25) is 4.98 Å². The van der Waals surface area contributed by atoms with Gasteiger partial charge in [0.15, 0.2) is 0 Å². The Bertz CT molecular complexity index is 394. The predicted octanol–water partition coefficient (Wildman–Crippen LogP) is 1.48. The van der Waals surface area contributed by atoms with E-state index in [-0.39, 0.29) is 23.5 Å². The van der Waals surface area contributed by atoms with Crippen LogP contribution in [0.1, 0.15) is 33.7 Å². The number of aryl methyl sites for hydroxylation is 1. The quantitative estimate of drug-likeness (QED) is 0.802. The molecule has 4 nitrogen and oxygen atoms in total. The molecule has 0 spiro atoms. The minimum atomic E-state index is -2.77. The minimum absolute atomic E-state index is 0.0347. The number of aromatic carboxylic acids is 1. The summed E-state index contributed by atoms with van der Waals surface area (Å²) in [6.45, 7) is 1.30. The SMILES string of the molecule is Cc1nc(CN)c(C(F)F)cc1C(=O)O. The van der Waals surface area contributed by atoms with Crippen molar-refractivity contribution in [3.8, 4) is 0 Å². The molecule has 1 aromatic heterocycles. The molecule has 0 fully saturated rings. The van der Waals surface area contributed by atoms with Crippen molar-refractivity contribution in [3.63, 3.8) is 0 Å². The molecular weight excluding hydrogens is 206 g/mol. The Hall–Kier alpha value is -1.56. The van der Waals surface area contributed by atoms with Crippen LogP contribution in [0.3, 0.4) is 0 Å². The molecular formula is C9H10F2N2O2. The van der Waals surface area contributed by atoms with Gasteiger partial charge in [0, 0.05) is 12.1 Å². The molecule has 15 heavy (non-hydrogen) atoms. The summed E-state index contributed by atoms with van der Waals surface area (Å²) in [4.78, 5) is 14.4. The van der Waals surface area contributed by atoms with E-state index in [9.17, 15) is 13.6 Å². The van der Waals surface area contributed by atoms with Gasteiger partial charge < -0.3 is 10.8 Å². The fourth-order valence-electron chi connectivity index (χ4n) is 1.24. The summed E-state index contributed by atoms with van der Waals surface area (Å²) < 4.78 is 25.0. The van der Waals surface area contributed by atoms with E-state index >= 15 is 0 Å². The van der Waals surface area contributed by atoms with E-state index in [2.05, 4.69) is 4.98 Å². The highest BCUT2D eigenvalue weighted by Crippen LogP contribution is 2.24. The van der Waals surface area contributed by atoms with Gasteiger partial charge in [-0.25, -0.2) is 13.6 Å². The average molecular weight is 216 g/mol. The van der Waals surface area contributed by atoms with Crippen molar-refractivity contribution in [3.05, 3.63) is 28.6 Å². The van der Waals surface area contributed by atoms with Crippen LogP contribution in [-0.4, -0.2) is 16.1 Å². The second-order valence-electron chi connectivity index (χ2n) is 2.97. The molecule has 0 aliphatic carbocycles. The van der Waals surface area contributed by atoms with Gasteiger partial charge in [-0.2, -0.15) is 0 Å². The van der Waals surface area contributed by atoms with Gasteiger partial charge in [0.1, 0.15) is 0 Å². The fraction of sp³-hybridized carbons (Fsp3) is 0.333. The second kappa shape index (κ2) is 4.31. The average Bonchev–Trinajstić information content (AvgIpc) is 2.16. The maximum Gasteiger partial charge on any atom is 0.337 e. The summed E-state index contributed by atoms with van der Waals surface area (Å²) in [5.74, 6) is -1.27. The van der Waals surface area contributed by atoms with E-state index < -0.39 is 18.0 Å². The normalized spacial score (nSPS) is 10.7. The molecule has 3 N–H and O–H groups in total. The number of halogens is 2. The van der Waals surface area contributed by atoms with E-state index in [1.165, 1.54) is 6.92 Å². The molecule has 0 aromatic carbocycles. The second-order valence-corrected chi connectivity index (χ2v) is 2.97. The number of nitrogens with two attached hydrogens (primary N) is 1. The maximum absolute atomic E-state index is 12.5. The van der Waals surface area contributed by atoms with E-state index in [0.29, 0.717) is 0 Å². The number of nitrogens with zero attached hydrogens (tertiary/aromatic N) is 1. The standard InChI is InChI=1S/C9H10F2N2O2/c1-4-5(9(14)15)2-6(8(10)11)7(3-12)13-4/h2,8H,3,12H2,1H3,(H,14,15). The zero-order chi connectivity index (χ0) is 11.6. The summed E-state index contributed by atoms with van der Waals surface area (Å²) in [5.41, 5.74) is 4.83. The van der Waals surface area contributed by atoms with Crippen LogP contribution in [0.25, 0.3) is 0 Å². The molecule has 0 atom stereocenters. The van der Waals surface area contributed by atoms with E-state index in [0.717, 1.165) is 6.07 Å². The zero-order valence-corrected chi connectivity index (χ0v) is 8.00. The summed E-state index contributed by atoms with van der Waals surface area (Å²) in [7, 11) is 0. The van der Waals surface area contributed by atoms with Crippen molar-refractivity contribution in [1.82, 2.24) is 4.98 Å². The third kappa shape index (κ3) is 2.27. The first kappa shape index (κ1) is 11.5. The molecule has 6 heteroatoms. The van der Waals surface area contributed by atoms with Crippen molar-refractivity contribution >= 4 is 5.97 Å². The third-order valence-corrected chi connectivity index (χ3v) is 1.98. The molecule has 0 unspecified atom stereocenters. The van der Waals surface area contributed by atoms with Crippen molar-refractivity contribution in [2.45, 2.75) is 19.9 Å². The first-order valence-electron chi connectivity index (χ1n) is 4.19. The predicted molar refractivity (Wildman–Crippen MR) is 48.8 cm³/mol. The lowest BCUT2D eigenvalue weighted by molar-refractivity contribution is 0.0695. The summed E-state index contributed by atoms with van der Waals surface area (Å²) in [6, 6.07) is 0.928. The van der Waals surface area contributed by atoms with Gasteiger partial charge in [0.05, 0.1) is 17.0 Å². The van der Waals surface area contributed by atoms with E-state index in [1.54, 1.807) is 0 Å². The summed E-state index contributed by atoms with van der Waals surface area (Å²) in [6.07, 6.45) is -2.77. The molecule has 82 valence electrons. The number of aromatic nitrogens is 1. The maximum atomic E-state index is 12.5. The largest absolute Gasteiger partial charge is 0.478 e. The van der Waals surface area contributed by atoms with E-state index in [1.807, 2.05) is 0 Å².